The number of esters is 3. The molecule has 1 atom stereocenters. The first-order valence-corrected chi connectivity index (χ1v) is 25.5. The van der Waals surface area contributed by atoms with E-state index >= 15 is 0 Å². The van der Waals surface area contributed by atoms with E-state index in [4.69, 9.17) is 14.2 Å². The van der Waals surface area contributed by atoms with Gasteiger partial charge >= 0.3 is 17.9 Å². The zero-order chi connectivity index (χ0) is 44.4. The third-order valence-electron chi connectivity index (χ3n) is 10.8. The van der Waals surface area contributed by atoms with Crippen LogP contribution in [0.2, 0.25) is 0 Å². The monoisotopic (exact) mass is 851 g/mol. The molecule has 0 saturated carbocycles. The molecule has 0 aromatic rings. The van der Waals surface area contributed by atoms with Gasteiger partial charge in [-0.2, -0.15) is 0 Å². The van der Waals surface area contributed by atoms with E-state index < -0.39 is 6.10 Å². The molecule has 0 aliphatic heterocycles. The molecular formula is C55H94O6. The summed E-state index contributed by atoms with van der Waals surface area (Å²) in [6.07, 6.45) is 61.9. The van der Waals surface area contributed by atoms with Crippen LogP contribution in [0.3, 0.4) is 0 Å². The van der Waals surface area contributed by atoms with Crippen LogP contribution in [0.1, 0.15) is 239 Å². The Morgan fingerprint density at radius 3 is 1.25 bits per heavy atom. The summed E-state index contributed by atoms with van der Waals surface area (Å²) in [6, 6.07) is 0. The first-order chi connectivity index (χ1) is 30.0. The summed E-state index contributed by atoms with van der Waals surface area (Å²) >= 11 is 0. The van der Waals surface area contributed by atoms with Gasteiger partial charge in [-0.25, -0.2) is 0 Å². The number of rotatable bonds is 45. The minimum Gasteiger partial charge on any atom is -0.462 e. The summed E-state index contributed by atoms with van der Waals surface area (Å²) in [5.74, 6) is -1.02. The highest BCUT2D eigenvalue weighted by molar-refractivity contribution is 5.71. The Labute approximate surface area is 376 Å². The second-order valence-electron chi connectivity index (χ2n) is 16.8. The summed E-state index contributed by atoms with van der Waals surface area (Å²) in [5.41, 5.74) is 0. The van der Waals surface area contributed by atoms with Gasteiger partial charge in [-0.05, 0) is 57.8 Å². The highest BCUT2D eigenvalue weighted by Crippen LogP contribution is 2.15. The van der Waals surface area contributed by atoms with Crippen LogP contribution in [0.5, 0.6) is 0 Å². The summed E-state index contributed by atoms with van der Waals surface area (Å²) in [5, 5.41) is 0. The van der Waals surface area contributed by atoms with Crippen LogP contribution in [0.4, 0.5) is 0 Å². The first-order valence-electron chi connectivity index (χ1n) is 25.5. The summed E-state index contributed by atoms with van der Waals surface area (Å²) < 4.78 is 16.7. The van der Waals surface area contributed by atoms with Crippen molar-refractivity contribution in [3.8, 4) is 0 Å². The Kier molecular flexibility index (Phi) is 46.9. The maximum absolute atomic E-state index is 12.7. The van der Waals surface area contributed by atoms with Crippen molar-refractivity contribution in [3.05, 3.63) is 72.9 Å². The zero-order valence-corrected chi connectivity index (χ0v) is 39.9. The summed E-state index contributed by atoms with van der Waals surface area (Å²) in [4.78, 5) is 37.9. The number of allylic oxidation sites excluding steroid dienone is 12. The van der Waals surface area contributed by atoms with Gasteiger partial charge in [-0.15, -0.1) is 0 Å². The summed E-state index contributed by atoms with van der Waals surface area (Å²) in [6.45, 7) is 6.41. The van der Waals surface area contributed by atoms with Gasteiger partial charge in [0.2, 0.25) is 0 Å². The molecule has 0 radical (unpaired) electrons. The van der Waals surface area contributed by atoms with Gasteiger partial charge in [-0.3, -0.25) is 14.4 Å². The molecule has 61 heavy (non-hydrogen) atoms. The van der Waals surface area contributed by atoms with Crippen molar-refractivity contribution in [1.29, 1.82) is 0 Å². The molecule has 1 unspecified atom stereocenters. The predicted octanol–water partition coefficient (Wildman–Crippen LogP) is 16.6. The largest absolute Gasteiger partial charge is 0.462 e. The highest BCUT2D eigenvalue weighted by atomic mass is 16.6. The fourth-order valence-corrected chi connectivity index (χ4v) is 6.98. The van der Waals surface area contributed by atoms with Crippen molar-refractivity contribution < 1.29 is 28.6 Å². The Morgan fingerprint density at radius 2 is 0.738 bits per heavy atom. The molecule has 0 heterocycles. The number of hydrogen-bond acceptors (Lipinski definition) is 6. The van der Waals surface area contributed by atoms with Gasteiger partial charge in [-0.1, -0.05) is 235 Å². The molecule has 0 N–H and O–H groups in total. The average Bonchev–Trinajstić information content (AvgIpc) is 3.26. The van der Waals surface area contributed by atoms with Crippen molar-refractivity contribution >= 4 is 17.9 Å². The van der Waals surface area contributed by atoms with Gasteiger partial charge in [0.15, 0.2) is 6.10 Å². The van der Waals surface area contributed by atoms with Crippen LogP contribution in [-0.2, 0) is 28.6 Å². The van der Waals surface area contributed by atoms with E-state index in [0.29, 0.717) is 19.3 Å². The van der Waals surface area contributed by atoms with E-state index in [2.05, 4.69) is 51.2 Å². The lowest BCUT2D eigenvalue weighted by molar-refractivity contribution is -0.166. The molecule has 6 heteroatoms. The average molecular weight is 851 g/mol. The van der Waals surface area contributed by atoms with E-state index in [0.717, 1.165) is 57.8 Å². The fourth-order valence-electron chi connectivity index (χ4n) is 6.98. The minimum absolute atomic E-state index is 0.107. The van der Waals surface area contributed by atoms with Crippen LogP contribution in [-0.4, -0.2) is 37.2 Å². The number of hydrogen-bond donors (Lipinski definition) is 0. The highest BCUT2D eigenvalue weighted by Gasteiger charge is 2.19. The molecule has 0 bridgehead atoms. The third-order valence-corrected chi connectivity index (χ3v) is 10.8. The van der Waals surface area contributed by atoms with Crippen LogP contribution in [0.25, 0.3) is 0 Å². The normalized spacial score (nSPS) is 12.6. The lowest BCUT2D eigenvalue weighted by Gasteiger charge is -2.18. The summed E-state index contributed by atoms with van der Waals surface area (Å²) in [7, 11) is 0. The zero-order valence-electron chi connectivity index (χ0n) is 39.9. The van der Waals surface area contributed by atoms with Crippen molar-refractivity contribution in [1.82, 2.24) is 0 Å². The quantitative estimate of drug-likeness (QED) is 0.0200. The second-order valence-corrected chi connectivity index (χ2v) is 16.8. The molecule has 350 valence electrons. The van der Waals surface area contributed by atoms with E-state index in [1.807, 2.05) is 42.5 Å². The van der Waals surface area contributed by atoms with Crippen LogP contribution >= 0.6 is 0 Å². The van der Waals surface area contributed by atoms with E-state index in [1.54, 1.807) is 0 Å². The van der Waals surface area contributed by atoms with Crippen molar-refractivity contribution in [3.63, 3.8) is 0 Å². The van der Waals surface area contributed by atoms with Crippen LogP contribution in [0, 0.1) is 0 Å². The third kappa shape index (κ3) is 47.7. The molecule has 0 aromatic carbocycles. The minimum atomic E-state index is -0.815. The van der Waals surface area contributed by atoms with Crippen molar-refractivity contribution in [2.24, 2.45) is 0 Å². The van der Waals surface area contributed by atoms with Gasteiger partial charge in [0.05, 0.1) is 0 Å². The van der Waals surface area contributed by atoms with Gasteiger partial charge in [0.1, 0.15) is 13.2 Å². The standard InChI is InChI=1S/C55H94O6/c1-4-7-10-13-16-19-22-25-26-27-28-31-33-36-39-42-45-48-54(57)60-51-52(61-55(58)49-46-43-40-37-34-30-24-21-18-15-12-9-6-3)50-59-53(56)47-44-41-38-35-32-29-23-20-17-14-11-8-5-2/h9,12,15,18,21,24,29-30,32,34,38,41,52H,4-8,10-11,13-14,16-17,19-20,22-23,25-28,31,33,35-37,39-40,42-51H2,1-3H3/b12-9+,18-15+,24-21+,32-29+,34-30+,41-38+. The molecule has 0 amide bonds. The molecule has 0 spiro atoms. The molecule has 0 aliphatic rings. The van der Waals surface area contributed by atoms with E-state index in [-0.39, 0.29) is 44.0 Å². The molecule has 0 aromatic heterocycles. The number of carbonyl (C=O) groups is 3. The first kappa shape index (κ1) is 57.9. The lowest BCUT2D eigenvalue weighted by Crippen LogP contribution is -2.30. The van der Waals surface area contributed by atoms with Gasteiger partial charge in [0.25, 0.3) is 0 Å². The molecule has 6 nitrogen and oxygen atoms in total. The predicted molar refractivity (Wildman–Crippen MR) is 261 cm³/mol. The maximum Gasteiger partial charge on any atom is 0.306 e. The molecular weight excluding hydrogens is 757 g/mol. The van der Waals surface area contributed by atoms with E-state index in [1.165, 1.54) is 128 Å². The van der Waals surface area contributed by atoms with E-state index in [9.17, 15) is 14.4 Å². The second kappa shape index (κ2) is 49.5. The molecule has 0 aliphatic carbocycles. The van der Waals surface area contributed by atoms with Gasteiger partial charge < -0.3 is 14.2 Å². The molecule has 0 rings (SSSR count). The van der Waals surface area contributed by atoms with Gasteiger partial charge in [0, 0.05) is 19.3 Å². The fraction of sp³-hybridized carbons (Fsp3) is 0.727. The smallest absolute Gasteiger partial charge is 0.306 e. The number of carbonyl (C=O) groups excluding carboxylic acids is 3. The number of unbranched alkanes of at least 4 members (excludes halogenated alkanes) is 25. The molecule has 0 saturated heterocycles. The van der Waals surface area contributed by atoms with Crippen molar-refractivity contribution in [2.75, 3.05) is 13.2 Å². The SMILES string of the molecule is CC/C=C/C=C/C=C/C=C/CCCCCC(=O)OC(COC(=O)CC/C=C/C/C=C/CCCCCCCC)COC(=O)CCCCCCCCCCCCCCCCCCC. The topological polar surface area (TPSA) is 78.9 Å². The Morgan fingerprint density at radius 1 is 0.361 bits per heavy atom. The lowest BCUT2D eigenvalue weighted by atomic mass is 10.0. The Hall–Kier alpha value is -3.15. The van der Waals surface area contributed by atoms with Crippen LogP contribution < -0.4 is 0 Å². The van der Waals surface area contributed by atoms with Crippen LogP contribution in [0.15, 0.2) is 72.9 Å². The number of ether oxygens (including phenoxy) is 3. The Balaban J connectivity index is 4.45. The Bertz CT molecular complexity index is 1160. The van der Waals surface area contributed by atoms with Crippen molar-refractivity contribution in [2.45, 2.75) is 245 Å². The maximum atomic E-state index is 12.7. The molecule has 0 fully saturated rings.